The van der Waals surface area contributed by atoms with Gasteiger partial charge in [0.05, 0.1) is 0 Å². The van der Waals surface area contributed by atoms with Crippen molar-refractivity contribution in [2.24, 2.45) is 13.0 Å². The van der Waals surface area contributed by atoms with Gasteiger partial charge in [-0.15, -0.1) is 0 Å². The Labute approximate surface area is 183 Å². The van der Waals surface area contributed by atoms with Crippen LogP contribution in [0.3, 0.4) is 0 Å². The summed E-state index contributed by atoms with van der Waals surface area (Å²) in [5, 5.41) is 14.1. The fraction of sp³-hybridized carbons (Fsp3) is 0.360. The van der Waals surface area contributed by atoms with Gasteiger partial charge in [-0.05, 0) is 49.4 Å². The van der Waals surface area contributed by atoms with Crippen molar-refractivity contribution in [2.45, 2.75) is 32.4 Å². The van der Waals surface area contributed by atoms with Crippen LogP contribution in [0, 0.1) is 12.8 Å². The molecule has 2 heterocycles. The molecule has 1 fully saturated rings. The van der Waals surface area contributed by atoms with Gasteiger partial charge in [0.25, 0.3) is 5.91 Å². The third-order valence-corrected chi connectivity index (χ3v) is 6.12. The average molecular weight is 419 g/mol. The lowest BCUT2D eigenvalue weighted by Gasteiger charge is -2.34. The third kappa shape index (κ3) is 4.97. The van der Waals surface area contributed by atoms with Crippen LogP contribution >= 0.6 is 0 Å². The third-order valence-electron chi connectivity index (χ3n) is 6.12. The number of likely N-dealkylation sites (tertiary alicyclic amines) is 1. The summed E-state index contributed by atoms with van der Waals surface area (Å²) in [4.78, 5) is 19.2. The first kappa shape index (κ1) is 21.1. The van der Waals surface area contributed by atoms with Gasteiger partial charge >= 0.3 is 0 Å². The van der Waals surface area contributed by atoms with E-state index in [9.17, 15) is 9.90 Å². The molecule has 4 rings (SSSR count). The van der Waals surface area contributed by atoms with Crippen molar-refractivity contribution in [3.05, 3.63) is 83.4 Å². The van der Waals surface area contributed by atoms with Gasteiger partial charge in [0.15, 0.2) is 0 Å². The molecular weight excluding hydrogens is 388 g/mol. The highest BCUT2D eigenvalue weighted by Crippen LogP contribution is 2.30. The molecule has 2 aromatic carbocycles. The van der Waals surface area contributed by atoms with Gasteiger partial charge in [-0.2, -0.15) is 0 Å². The fourth-order valence-electron chi connectivity index (χ4n) is 4.15. The van der Waals surface area contributed by atoms with Gasteiger partial charge in [-0.1, -0.05) is 35.9 Å². The van der Waals surface area contributed by atoms with E-state index in [1.54, 1.807) is 6.20 Å². The number of benzene rings is 2. The van der Waals surface area contributed by atoms with E-state index in [0.717, 1.165) is 18.5 Å². The molecule has 6 nitrogen and oxygen atoms in total. The van der Waals surface area contributed by atoms with Crippen LogP contribution in [0.15, 0.2) is 60.9 Å². The maximum absolute atomic E-state index is 13.0. The topological polar surface area (TPSA) is 70.4 Å². The standard InChI is InChI=1S/C25H30N4O2/c1-18-6-8-19(9-7-18)17-27-22-5-3-4-21(16-22)25(31)29-13-10-20(11-14-29)23(30)24-26-12-15-28(24)2/h3-9,12,15-16,20,23,27,30H,10-11,13-14,17H2,1-2H3/t23-/m1/s1. The van der Waals surface area contributed by atoms with Gasteiger partial charge in [0.1, 0.15) is 11.9 Å². The van der Waals surface area contributed by atoms with Crippen molar-refractivity contribution in [1.29, 1.82) is 0 Å². The molecule has 1 saturated heterocycles. The monoisotopic (exact) mass is 418 g/mol. The quantitative estimate of drug-likeness (QED) is 0.636. The predicted octanol–water partition coefficient (Wildman–Crippen LogP) is 3.93. The number of carbonyl (C=O) groups is 1. The lowest BCUT2D eigenvalue weighted by molar-refractivity contribution is 0.0420. The number of hydrogen-bond donors (Lipinski definition) is 2. The first-order valence-corrected chi connectivity index (χ1v) is 10.9. The molecule has 1 amide bonds. The largest absolute Gasteiger partial charge is 0.385 e. The number of hydrogen-bond acceptors (Lipinski definition) is 4. The molecule has 2 N–H and O–H groups in total. The maximum Gasteiger partial charge on any atom is 0.253 e. The van der Waals surface area contributed by atoms with E-state index >= 15 is 0 Å². The summed E-state index contributed by atoms with van der Waals surface area (Å²) in [6.07, 6.45) is 4.50. The summed E-state index contributed by atoms with van der Waals surface area (Å²) in [5.41, 5.74) is 4.08. The van der Waals surface area contributed by atoms with Crippen molar-refractivity contribution in [1.82, 2.24) is 14.5 Å². The Kier molecular flexibility index (Phi) is 6.37. The highest BCUT2D eigenvalue weighted by Gasteiger charge is 2.30. The lowest BCUT2D eigenvalue weighted by Crippen LogP contribution is -2.40. The summed E-state index contributed by atoms with van der Waals surface area (Å²) in [7, 11) is 1.89. The Hall–Kier alpha value is -3.12. The fourth-order valence-corrected chi connectivity index (χ4v) is 4.15. The highest BCUT2D eigenvalue weighted by molar-refractivity contribution is 5.95. The molecule has 0 spiro atoms. The number of amides is 1. The number of rotatable bonds is 6. The van der Waals surface area contributed by atoms with Crippen molar-refractivity contribution < 1.29 is 9.90 Å². The molecule has 1 aliphatic rings. The van der Waals surface area contributed by atoms with Crippen molar-refractivity contribution in [2.75, 3.05) is 18.4 Å². The van der Waals surface area contributed by atoms with Gasteiger partial charge < -0.3 is 19.9 Å². The summed E-state index contributed by atoms with van der Waals surface area (Å²) in [6, 6.07) is 16.1. The van der Waals surface area contributed by atoms with Crippen molar-refractivity contribution in [3.63, 3.8) is 0 Å². The highest BCUT2D eigenvalue weighted by atomic mass is 16.3. The number of carbonyl (C=O) groups excluding carboxylic acids is 1. The molecule has 1 aromatic heterocycles. The molecule has 1 atom stereocenters. The maximum atomic E-state index is 13.0. The molecular formula is C25H30N4O2. The molecule has 31 heavy (non-hydrogen) atoms. The minimum absolute atomic E-state index is 0.0453. The zero-order chi connectivity index (χ0) is 21.8. The molecule has 162 valence electrons. The van der Waals surface area contributed by atoms with E-state index in [2.05, 4.69) is 41.5 Å². The molecule has 0 saturated carbocycles. The van der Waals surface area contributed by atoms with Gasteiger partial charge in [0, 0.05) is 50.3 Å². The number of aryl methyl sites for hydroxylation is 2. The molecule has 0 unspecified atom stereocenters. The van der Waals surface area contributed by atoms with E-state index in [1.165, 1.54) is 11.1 Å². The number of nitrogens with one attached hydrogen (secondary N) is 1. The van der Waals surface area contributed by atoms with Crippen LogP contribution in [0.4, 0.5) is 5.69 Å². The van der Waals surface area contributed by atoms with E-state index in [-0.39, 0.29) is 11.8 Å². The summed E-state index contributed by atoms with van der Waals surface area (Å²) < 4.78 is 1.86. The summed E-state index contributed by atoms with van der Waals surface area (Å²) >= 11 is 0. The Bertz CT molecular complexity index is 1020. The zero-order valence-electron chi connectivity index (χ0n) is 18.2. The van der Waals surface area contributed by atoms with Crippen LogP contribution in [0.25, 0.3) is 0 Å². The molecule has 0 bridgehead atoms. The molecule has 1 aliphatic heterocycles. The second-order valence-electron chi connectivity index (χ2n) is 8.39. The number of nitrogens with zero attached hydrogens (tertiary/aromatic N) is 3. The van der Waals surface area contributed by atoms with Crippen LogP contribution in [-0.2, 0) is 13.6 Å². The van der Waals surface area contributed by atoms with Gasteiger partial charge in [0.2, 0.25) is 0 Å². The SMILES string of the molecule is Cc1ccc(CNc2cccc(C(=O)N3CCC([C@@H](O)c4nccn4C)CC3)c2)cc1. The normalized spacial score (nSPS) is 15.6. The van der Waals surface area contributed by atoms with Crippen LogP contribution in [0.1, 0.15) is 46.3 Å². The summed E-state index contributed by atoms with van der Waals surface area (Å²) in [5.74, 6) is 0.855. The molecule has 6 heteroatoms. The molecule has 3 aromatic rings. The Balaban J connectivity index is 1.34. The van der Waals surface area contributed by atoms with Crippen LogP contribution < -0.4 is 5.32 Å². The number of piperidine rings is 1. The van der Waals surface area contributed by atoms with Gasteiger partial charge in [-0.25, -0.2) is 4.98 Å². The van der Waals surface area contributed by atoms with Crippen molar-refractivity contribution in [3.8, 4) is 0 Å². The van der Waals surface area contributed by atoms with E-state index in [4.69, 9.17) is 0 Å². The Morgan fingerprint density at radius 3 is 2.61 bits per heavy atom. The second kappa shape index (κ2) is 9.35. The van der Waals surface area contributed by atoms with Crippen LogP contribution in [0.2, 0.25) is 0 Å². The van der Waals surface area contributed by atoms with Crippen LogP contribution in [-0.4, -0.2) is 38.6 Å². The average Bonchev–Trinajstić information content (AvgIpc) is 3.24. The first-order valence-electron chi connectivity index (χ1n) is 10.9. The van der Waals surface area contributed by atoms with E-state index in [1.807, 2.05) is 47.0 Å². The Morgan fingerprint density at radius 1 is 1.19 bits per heavy atom. The van der Waals surface area contributed by atoms with E-state index < -0.39 is 6.10 Å². The lowest BCUT2D eigenvalue weighted by atomic mass is 9.90. The minimum atomic E-state index is -0.591. The number of aromatic nitrogens is 2. The molecule has 0 aliphatic carbocycles. The van der Waals surface area contributed by atoms with Gasteiger partial charge in [-0.3, -0.25) is 4.79 Å². The minimum Gasteiger partial charge on any atom is -0.385 e. The van der Waals surface area contributed by atoms with E-state index in [0.29, 0.717) is 31.0 Å². The van der Waals surface area contributed by atoms with Crippen LogP contribution in [0.5, 0.6) is 0 Å². The number of anilines is 1. The smallest absolute Gasteiger partial charge is 0.253 e. The second-order valence-corrected chi connectivity index (χ2v) is 8.39. The number of imidazole rings is 1. The first-order chi connectivity index (χ1) is 15.0. The summed E-state index contributed by atoms with van der Waals surface area (Å²) in [6.45, 7) is 4.08. The van der Waals surface area contributed by atoms with Crippen molar-refractivity contribution >= 4 is 11.6 Å². The predicted molar refractivity (Wildman–Crippen MR) is 122 cm³/mol. The Morgan fingerprint density at radius 2 is 1.94 bits per heavy atom. The number of aliphatic hydroxyl groups excluding tert-OH is 1. The number of aliphatic hydroxyl groups is 1. The molecule has 0 radical (unpaired) electrons. The zero-order valence-corrected chi connectivity index (χ0v) is 18.2.